The molecule has 0 amide bonds. The molecule has 0 bridgehead atoms. The third kappa shape index (κ3) is 6.52. The van der Waals surface area contributed by atoms with Crippen molar-refractivity contribution in [3.63, 3.8) is 0 Å². The van der Waals surface area contributed by atoms with Crippen LogP contribution in [0.2, 0.25) is 5.04 Å². The average molecular weight is 597 g/mol. The summed E-state index contributed by atoms with van der Waals surface area (Å²) in [4.78, 5) is 0. The van der Waals surface area contributed by atoms with Gasteiger partial charge in [-0.05, 0) is 44.5 Å². The fraction of sp³-hybridized carbons (Fsp3) is 0.278. The first-order valence-corrected chi connectivity index (χ1v) is 18.3. The van der Waals surface area contributed by atoms with Gasteiger partial charge < -0.3 is 4.43 Å². The van der Waals surface area contributed by atoms with Crippen molar-refractivity contribution in [2.75, 3.05) is 12.9 Å². The third-order valence-corrected chi connectivity index (χ3v) is 13.9. The van der Waals surface area contributed by atoms with Gasteiger partial charge in [-0.15, -0.1) is 0 Å². The number of hydrogen-bond donors (Lipinski definition) is 0. The first-order valence-electron chi connectivity index (χ1n) is 14.5. The van der Waals surface area contributed by atoms with Crippen LogP contribution in [-0.2, 0) is 18.7 Å². The third-order valence-electron chi connectivity index (χ3n) is 8.27. The van der Waals surface area contributed by atoms with Gasteiger partial charge in [0, 0.05) is 12.5 Å². The van der Waals surface area contributed by atoms with Crippen molar-refractivity contribution in [1.29, 1.82) is 0 Å². The number of benzene rings is 4. The Bertz CT molecular complexity index is 1500. The second kappa shape index (κ2) is 12.5. The minimum Gasteiger partial charge on any atom is -0.407 e. The molecule has 4 nitrogen and oxygen atoms in total. The molecule has 0 N–H and O–H groups in total. The van der Waals surface area contributed by atoms with E-state index in [-0.39, 0.29) is 16.9 Å². The van der Waals surface area contributed by atoms with Crippen molar-refractivity contribution in [2.45, 2.75) is 38.3 Å². The second-order valence-corrected chi connectivity index (χ2v) is 18.1. The van der Waals surface area contributed by atoms with Crippen molar-refractivity contribution in [2.24, 2.45) is 11.8 Å². The Balaban J connectivity index is 1.55. The fourth-order valence-electron chi connectivity index (χ4n) is 6.25. The van der Waals surface area contributed by atoms with E-state index in [1.165, 1.54) is 10.4 Å². The molecule has 42 heavy (non-hydrogen) atoms. The Morgan fingerprint density at radius 1 is 0.762 bits per heavy atom. The topological polar surface area (TPSA) is 52.6 Å². The summed E-state index contributed by atoms with van der Waals surface area (Å²) in [5.41, 5.74) is 3.24. The zero-order valence-corrected chi connectivity index (χ0v) is 26.6. The van der Waals surface area contributed by atoms with E-state index in [0.717, 1.165) is 23.0 Å². The number of hydrogen-bond acceptors (Lipinski definition) is 4. The lowest BCUT2D eigenvalue weighted by atomic mass is 9.70. The van der Waals surface area contributed by atoms with Crippen LogP contribution in [0.5, 0.6) is 0 Å². The second-order valence-electron chi connectivity index (χ2n) is 12.2. The maximum atomic E-state index is 12.3. The van der Waals surface area contributed by atoms with Gasteiger partial charge in [-0.2, -0.15) is 8.42 Å². The van der Waals surface area contributed by atoms with Gasteiger partial charge >= 0.3 is 0 Å². The minimum atomic E-state index is -3.62. The molecule has 0 unspecified atom stereocenters. The molecule has 6 heteroatoms. The van der Waals surface area contributed by atoms with Crippen LogP contribution in [0, 0.1) is 11.8 Å². The van der Waals surface area contributed by atoms with Crippen LogP contribution in [0.25, 0.3) is 5.57 Å². The SMILES string of the molecule is CC(C)(C)[Si](OC[C@H]1C[C@H](OS(C)(=O)=O)[C@@H]1C=C(c1ccccc1)c1ccccc1)(c1ccccc1)c1ccccc1. The van der Waals surface area contributed by atoms with Crippen LogP contribution < -0.4 is 10.4 Å². The van der Waals surface area contributed by atoms with Crippen LogP contribution in [0.15, 0.2) is 127 Å². The molecule has 0 radical (unpaired) electrons. The summed E-state index contributed by atoms with van der Waals surface area (Å²) in [5.74, 6) is -0.0332. The Kier molecular flexibility index (Phi) is 8.99. The fourth-order valence-corrected chi connectivity index (χ4v) is 11.5. The van der Waals surface area contributed by atoms with Gasteiger partial charge in [-0.25, -0.2) is 0 Å². The Morgan fingerprint density at radius 2 is 1.19 bits per heavy atom. The van der Waals surface area contributed by atoms with Gasteiger partial charge in [-0.3, -0.25) is 4.18 Å². The van der Waals surface area contributed by atoms with E-state index in [4.69, 9.17) is 8.61 Å². The maximum Gasteiger partial charge on any atom is 0.264 e. The highest BCUT2D eigenvalue weighted by atomic mass is 32.2. The first-order chi connectivity index (χ1) is 20.1. The zero-order valence-electron chi connectivity index (χ0n) is 24.8. The molecule has 4 aromatic carbocycles. The van der Waals surface area contributed by atoms with E-state index in [9.17, 15) is 8.42 Å². The summed E-state index contributed by atoms with van der Waals surface area (Å²) in [7, 11) is -6.36. The Labute approximate surface area is 252 Å². The van der Waals surface area contributed by atoms with E-state index in [2.05, 4.69) is 99.6 Å². The molecule has 1 saturated carbocycles. The molecule has 0 aromatic heterocycles. The summed E-state index contributed by atoms with van der Waals surface area (Å²) < 4.78 is 37.4. The van der Waals surface area contributed by atoms with Gasteiger partial charge in [0.25, 0.3) is 18.4 Å². The predicted molar refractivity (Wildman–Crippen MR) is 175 cm³/mol. The standard InChI is InChI=1S/C36H40O4SSi/c1-36(2,3)42(31-21-13-7-14-22-31,32-23-15-8-16-24-32)39-27-30-25-35(40-41(4,37)38)34(30)26-33(28-17-9-5-10-18-28)29-19-11-6-12-20-29/h5-24,26,30,34-35H,25,27H2,1-4H3/t30-,34-,35+/m1/s1. The molecule has 1 aliphatic carbocycles. The van der Waals surface area contributed by atoms with Crippen molar-refractivity contribution < 1.29 is 17.0 Å². The Morgan fingerprint density at radius 3 is 1.60 bits per heavy atom. The summed E-state index contributed by atoms with van der Waals surface area (Å²) in [6.45, 7) is 7.33. The molecule has 0 saturated heterocycles. The Hall–Kier alpha value is -3.29. The molecule has 1 aliphatic rings. The molecule has 0 aliphatic heterocycles. The van der Waals surface area contributed by atoms with E-state index < -0.39 is 24.5 Å². The zero-order chi connectivity index (χ0) is 29.8. The van der Waals surface area contributed by atoms with Crippen molar-refractivity contribution >= 4 is 34.4 Å². The molecule has 0 spiro atoms. The van der Waals surface area contributed by atoms with E-state index in [1.54, 1.807) is 0 Å². The van der Waals surface area contributed by atoms with Crippen molar-refractivity contribution in [3.05, 3.63) is 139 Å². The van der Waals surface area contributed by atoms with Gasteiger partial charge in [0.2, 0.25) is 0 Å². The molecule has 1 fully saturated rings. The largest absolute Gasteiger partial charge is 0.407 e. The highest BCUT2D eigenvalue weighted by Gasteiger charge is 2.52. The van der Waals surface area contributed by atoms with Crippen LogP contribution in [-0.4, -0.2) is 35.7 Å². The monoisotopic (exact) mass is 596 g/mol. The maximum absolute atomic E-state index is 12.3. The molecule has 5 rings (SSSR count). The van der Waals surface area contributed by atoms with Crippen molar-refractivity contribution in [3.8, 4) is 0 Å². The lowest BCUT2D eigenvalue weighted by molar-refractivity contribution is -0.00554. The van der Waals surface area contributed by atoms with Gasteiger partial charge in [0.05, 0.1) is 12.4 Å². The smallest absolute Gasteiger partial charge is 0.264 e. The summed E-state index contributed by atoms with van der Waals surface area (Å²) >= 11 is 0. The molecule has 3 atom stereocenters. The van der Waals surface area contributed by atoms with Crippen molar-refractivity contribution in [1.82, 2.24) is 0 Å². The van der Waals surface area contributed by atoms with E-state index >= 15 is 0 Å². The molecule has 4 aromatic rings. The highest BCUT2D eigenvalue weighted by Crippen LogP contribution is 2.44. The van der Waals surface area contributed by atoms with Crippen LogP contribution >= 0.6 is 0 Å². The average Bonchev–Trinajstić information content (AvgIpc) is 2.97. The van der Waals surface area contributed by atoms with Gasteiger partial charge in [-0.1, -0.05) is 148 Å². The normalized spacial score (nSPS) is 19.1. The number of rotatable bonds is 10. The van der Waals surface area contributed by atoms with Crippen LogP contribution in [0.1, 0.15) is 38.3 Å². The quantitative estimate of drug-likeness (QED) is 0.152. The lowest BCUT2D eigenvalue weighted by Crippen LogP contribution is -2.67. The lowest BCUT2D eigenvalue weighted by Gasteiger charge is -2.47. The first kappa shape index (κ1) is 30.2. The van der Waals surface area contributed by atoms with E-state index in [1.807, 2.05) is 48.5 Å². The molecule has 0 heterocycles. The minimum absolute atomic E-state index is 0.0980. The summed E-state index contributed by atoms with van der Waals surface area (Å²) in [5, 5.41) is 2.31. The summed E-state index contributed by atoms with van der Waals surface area (Å²) in [6.07, 6.45) is 3.53. The molecule has 218 valence electrons. The van der Waals surface area contributed by atoms with Crippen LogP contribution in [0.4, 0.5) is 0 Å². The summed E-state index contributed by atoms with van der Waals surface area (Å²) in [6, 6.07) is 41.7. The molecular weight excluding hydrogens is 557 g/mol. The van der Waals surface area contributed by atoms with Gasteiger partial charge in [0.1, 0.15) is 0 Å². The predicted octanol–water partition coefficient (Wildman–Crippen LogP) is 6.68. The molecular formula is C36H40O4SSi. The van der Waals surface area contributed by atoms with Gasteiger partial charge in [0.15, 0.2) is 0 Å². The van der Waals surface area contributed by atoms with Crippen LogP contribution in [0.3, 0.4) is 0 Å². The van der Waals surface area contributed by atoms with E-state index in [0.29, 0.717) is 13.0 Å². The highest BCUT2D eigenvalue weighted by molar-refractivity contribution is 7.86.